The summed E-state index contributed by atoms with van der Waals surface area (Å²) in [6, 6.07) is 14.2. The van der Waals surface area contributed by atoms with Gasteiger partial charge in [-0.3, -0.25) is 0 Å². The van der Waals surface area contributed by atoms with Crippen molar-refractivity contribution in [3.8, 4) is 0 Å². The summed E-state index contributed by atoms with van der Waals surface area (Å²) in [5.74, 6) is 1.05. The average Bonchev–Trinajstić information content (AvgIpc) is 2.78. The highest BCUT2D eigenvalue weighted by Gasteiger charge is 2.07. The largest absolute Gasteiger partial charge is 0.385 e. The van der Waals surface area contributed by atoms with Gasteiger partial charge in [-0.25, -0.2) is 9.97 Å². The van der Waals surface area contributed by atoms with Crippen LogP contribution in [0.1, 0.15) is 5.82 Å². The van der Waals surface area contributed by atoms with Gasteiger partial charge < -0.3 is 9.88 Å². The maximum atomic E-state index is 4.56. The van der Waals surface area contributed by atoms with Crippen LogP contribution in [0.2, 0.25) is 0 Å². The molecule has 96 valence electrons. The van der Waals surface area contributed by atoms with Crippen molar-refractivity contribution in [3.63, 3.8) is 0 Å². The van der Waals surface area contributed by atoms with Gasteiger partial charge >= 0.3 is 0 Å². The number of hydrogen-bond acceptors (Lipinski definition) is 3. The fourth-order valence-corrected chi connectivity index (χ4v) is 2.17. The molecule has 0 radical (unpaired) electrons. The second-order valence-electron chi connectivity index (χ2n) is 4.48. The summed E-state index contributed by atoms with van der Waals surface area (Å²) in [5, 5.41) is 3.39. The molecule has 19 heavy (non-hydrogen) atoms. The van der Waals surface area contributed by atoms with Gasteiger partial charge in [0.15, 0.2) is 5.65 Å². The number of hydrogen-bond donors (Lipinski definition) is 1. The van der Waals surface area contributed by atoms with Crippen LogP contribution < -0.4 is 5.32 Å². The molecular weight excluding hydrogens is 236 g/mol. The van der Waals surface area contributed by atoms with Crippen molar-refractivity contribution in [1.29, 1.82) is 0 Å². The zero-order valence-electron chi connectivity index (χ0n) is 10.9. The van der Waals surface area contributed by atoms with Crippen molar-refractivity contribution < 1.29 is 0 Å². The molecule has 2 aromatic heterocycles. The Balaban J connectivity index is 1.70. The van der Waals surface area contributed by atoms with Crippen molar-refractivity contribution >= 4 is 16.9 Å². The number of aromatic nitrogens is 3. The third-order valence-corrected chi connectivity index (χ3v) is 3.20. The number of rotatable bonds is 4. The molecule has 3 aromatic rings. The number of anilines is 1. The fraction of sp³-hybridized carbons (Fsp3) is 0.200. The maximum Gasteiger partial charge on any atom is 0.177 e. The van der Waals surface area contributed by atoms with E-state index in [0.717, 1.165) is 35.6 Å². The third-order valence-electron chi connectivity index (χ3n) is 3.20. The zero-order chi connectivity index (χ0) is 13.1. The molecule has 0 unspecified atom stereocenters. The predicted octanol–water partition coefficient (Wildman–Crippen LogP) is 2.62. The standard InChI is InChI=1S/C15H16N4/c1-19-13-8-5-10-17-15(13)18-14(19)9-11-16-12-6-3-2-4-7-12/h2-8,10,16H,9,11H2,1H3. The first-order valence-electron chi connectivity index (χ1n) is 6.40. The molecule has 3 rings (SSSR count). The second-order valence-corrected chi connectivity index (χ2v) is 4.48. The van der Waals surface area contributed by atoms with Crippen LogP contribution in [0.4, 0.5) is 5.69 Å². The van der Waals surface area contributed by atoms with E-state index in [0.29, 0.717) is 0 Å². The molecule has 0 aliphatic carbocycles. The van der Waals surface area contributed by atoms with Gasteiger partial charge in [-0.15, -0.1) is 0 Å². The van der Waals surface area contributed by atoms with Crippen molar-refractivity contribution in [2.45, 2.75) is 6.42 Å². The Labute approximate surface area is 112 Å². The predicted molar refractivity (Wildman–Crippen MR) is 77.1 cm³/mol. The fourth-order valence-electron chi connectivity index (χ4n) is 2.17. The summed E-state index contributed by atoms with van der Waals surface area (Å²) in [5.41, 5.74) is 3.04. The number of nitrogens with zero attached hydrogens (tertiary/aromatic N) is 3. The minimum atomic E-state index is 0.819. The van der Waals surface area contributed by atoms with Gasteiger partial charge in [0.25, 0.3) is 0 Å². The van der Waals surface area contributed by atoms with Gasteiger partial charge in [0.2, 0.25) is 0 Å². The highest BCUT2D eigenvalue weighted by atomic mass is 15.1. The Bertz CT molecular complexity index is 673. The summed E-state index contributed by atoms with van der Waals surface area (Å²) in [6.07, 6.45) is 2.66. The molecule has 4 heteroatoms. The first-order valence-corrected chi connectivity index (χ1v) is 6.40. The number of para-hydroxylation sites is 1. The van der Waals surface area contributed by atoms with Gasteiger partial charge in [0.05, 0.1) is 5.52 Å². The summed E-state index contributed by atoms with van der Waals surface area (Å²) in [7, 11) is 2.04. The van der Waals surface area contributed by atoms with E-state index in [4.69, 9.17) is 0 Å². The Morgan fingerprint density at radius 2 is 1.95 bits per heavy atom. The van der Waals surface area contributed by atoms with Gasteiger partial charge in [0.1, 0.15) is 5.82 Å². The van der Waals surface area contributed by atoms with E-state index in [9.17, 15) is 0 Å². The Hall–Kier alpha value is -2.36. The topological polar surface area (TPSA) is 42.7 Å². The van der Waals surface area contributed by atoms with Gasteiger partial charge in [0, 0.05) is 31.9 Å². The van der Waals surface area contributed by atoms with E-state index in [1.54, 1.807) is 6.20 Å². The highest BCUT2D eigenvalue weighted by molar-refractivity contribution is 5.71. The smallest absolute Gasteiger partial charge is 0.177 e. The molecule has 0 saturated heterocycles. The maximum absolute atomic E-state index is 4.56. The molecule has 0 saturated carbocycles. The summed E-state index contributed by atoms with van der Waals surface area (Å²) >= 11 is 0. The van der Waals surface area contributed by atoms with Crippen LogP contribution in [-0.2, 0) is 13.5 Å². The van der Waals surface area contributed by atoms with Crippen LogP contribution in [0.5, 0.6) is 0 Å². The summed E-state index contributed by atoms with van der Waals surface area (Å²) in [4.78, 5) is 8.83. The minimum absolute atomic E-state index is 0.819. The van der Waals surface area contributed by atoms with Crippen molar-refractivity contribution in [2.75, 3.05) is 11.9 Å². The minimum Gasteiger partial charge on any atom is -0.385 e. The van der Waals surface area contributed by atoms with Gasteiger partial charge in [-0.05, 0) is 24.3 Å². The van der Waals surface area contributed by atoms with Crippen molar-refractivity contribution in [1.82, 2.24) is 14.5 Å². The molecule has 0 spiro atoms. The molecule has 1 N–H and O–H groups in total. The molecule has 0 amide bonds. The third kappa shape index (κ3) is 2.42. The SMILES string of the molecule is Cn1c(CCNc2ccccc2)nc2ncccc21. The number of nitrogens with one attached hydrogen (secondary N) is 1. The van der Waals surface area contributed by atoms with Gasteiger partial charge in [-0.2, -0.15) is 0 Å². The Morgan fingerprint density at radius 3 is 2.74 bits per heavy atom. The zero-order valence-corrected chi connectivity index (χ0v) is 10.9. The molecular formula is C15H16N4. The number of imidazole rings is 1. The first-order chi connectivity index (χ1) is 9.34. The highest BCUT2D eigenvalue weighted by Crippen LogP contribution is 2.12. The van der Waals surface area contributed by atoms with Crippen LogP contribution in [-0.4, -0.2) is 21.1 Å². The molecule has 0 aliphatic rings. The number of pyridine rings is 1. The molecule has 1 aromatic carbocycles. The van der Waals surface area contributed by atoms with E-state index in [2.05, 4.69) is 32.0 Å². The monoisotopic (exact) mass is 252 g/mol. The molecule has 0 bridgehead atoms. The second kappa shape index (κ2) is 5.10. The van der Waals surface area contributed by atoms with E-state index in [1.807, 2.05) is 37.4 Å². The van der Waals surface area contributed by atoms with E-state index >= 15 is 0 Å². The van der Waals surface area contributed by atoms with E-state index in [1.165, 1.54) is 0 Å². The molecule has 4 nitrogen and oxygen atoms in total. The molecule has 0 atom stereocenters. The first kappa shape index (κ1) is 11.7. The van der Waals surface area contributed by atoms with Crippen LogP contribution >= 0.6 is 0 Å². The summed E-state index contributed by atoms with van der Waals surface area (Å²) in [6.45, 7) is 0.862. The van der Waals surface area contributed by atoms with Crippen LogP contribution in [0.3, 0.4) is 0 Å². The lowest BCUT2D eigenvalue weighted by molar-refractivity contribution is 0.807. The Kier molecular flexibility index (Phi) is 3.14. The number of aryl methyl sites for hydroxylation is 1. The van der Waals surface area contributed by atoms with E-state index in [-0.39, 0.29) is 0 Å². The number of fused-ring (bicyclic) bond motifs is 1. The van der Waals surface area contributed by atoms with Gasteiger partial charge in [-0.1, -0.05) is 18.2 Å². The van der Waals surface area contributed by atoms with Crippen LogP contribution in [0, 0.1) is 0 Å². The molecule has 0 aliphatic heterocycles. The normalized spacial score (nSPS) is 10.8. The Morgan fingerprint density at radius 1 is 1.11 bits per heavy atom. The van der Waals surface area contributed by atoms with Crippen molar-refractivity contribution in [2.24, 2.45) is 7.05 Å². The number of benzene rings is 1. The van der Waals surface area contributed by atoms with E-state index < -0.39 is 0 Å². The average molecular weight is 252 g/mol. The molecule has 2 heterocycles. The molecule has 0 fully saturated rings. The lowest BCUT2D eigenvalue weighted by atomic mass is 10.3. The lowest BCUT2D eigenvalue weighted by Gasteiger charge is -2.06. The van der Waals surface area contributed by atoms with Crippen LogP contribution in [0.15, 0.2) is 48.7 Å². The summed E-state index contributed by atoms with van der Waals surface area (Å²) < 4.78 is 2.11. The van der Waals surface area contributed by atoms with Crippen LogP contribution in [0.25, 0.3) is 11.2 Å². The van der Waals surface area contributed by atoms with Crippen molar-refractivity contribution in [3.05, 3.63) is 54.5 Å². The lowest BCUT2D eigenvalue weighted by Crippen LogP contribution is -2.08. The quantitative estimate of drug-likeness (QED) is 0.776.